The Kier molecular flexibility index (Phi) is 4.62. The number of benzene rings is 4. The van der Waals surface area contributed by atoms with Crippen LogP contribution in [0.15, 0.2) is 75.1 Å². The van der Waals surface area contributed by atoms with Gasteiger partial charge in [-0.1, -0.05) is 0 Å². The highest BCUT2D eigenvalue weighted by molar-refractivity contribution is 7.87. The summed E-state index contributed by atoms with van der Waals surface area (Å²) in [5.74, 6) is 4.92. The molecule has 4 aromatic carbocycles. The lowest BCUT2D eigenvalue weighted by molar-refractivity contribution is 0.333. The van der Waals surface area contributed by atoms with Crippen LogP contribution in [-0.4, -0.2) is 40.2 Å². The van der Waals surface area contributed by atoms with Crippen LogP contribution in [0, 0.1) is 0 Å². The second kappa shape index (κ2) is 7.84. The van der Waals surface area contributed by atoms with Gasteiger partial charge in [-0.05, 0) is 60.7 Å². The molecule has 0 aliphatic rings. The molecule has 8 rings (SSSR count). The number of rotatable bonds is 4. The molecule has 42 heavy (non-hydrogen) atoms. The molecule has 16 heteroatoms. The van der Waals surface area contributed by atoms with Crippen molar-refractivity contribution >= 4 is 91.8 Å². The topological polar surface area (TPSA) is 205 Å². The Hall–Kier alpha value is -5.00. The van der Waals surface area contributed by atoms with Crippen molar-refractivity contribution in [3.8, 4) is 0 Å². The van der Waals surface area contributed by atoms with Crippen molar-refractivity contribution in [2.24, 2.45) is 5.90 Å². The van der Waals surface area contributed by atoms with Gasteiger partial charge in [0, 0.05) is 32.3 Å². The maximum Gasteiger partial charge on any atom is 0.357 e. The van der Waals surface area contributed by atoms with Gasteiger partial charge in [0.25, 0.3) is 11.1 Å². The van der Waals surface area contributed by atoms with Crippen LogP contribution in [0.1, 0.15) is 0 Å². The number of aromatic nitrogens is 4. The van der Waals surface area contributed by atoms with E-state index in [1.807, 2.05) is 4.72 Å². The van der Waals surface area contributed by atoms with Gasteiger partial charge in [-0.3, -0.25) is 27.7 Å². The van der Waals surface area contributed by atoms with Crippen molar-refractivity contribution in [1.29, 1.82) is 0 Å². The Morgan fingerprint density at radius 2 is 1.21 bits per heavy atom. The third kappa shape index (κ3) is 3.17. The van der Waals surface area contributed by atoms with Gasteiger partial charge in [0.1, 0.15) is 11.3 Å². The number of hydrogen-bond acceptors (Lipinski definition) is 10. The van der Waals surface area contributed by atoms with Crippen molar-refractivity contribution in [2.75, 3.05) is 4.72 Å². The van der Waals surface area contributed by atoms with Gasteiger partial charge < -0.3 is 0 Å². The third-order valence-corrected chi connectivity index (χ3v) is 9.03. The molecule has 0 amide bonds. The van der Waals surface area contributed by atoms with Crippen LogP contribution in [0.2, 0.25) is 0 Å². The minimum absolute atomic E-state index is 0.0566. The van der Waals surface area contributed by atoms with Crippen LogP contribution in [0.4, 0.5) is 5.69 Å². The molecular weight excluding hydrogens is 588 g/mol. The first-order valence-electron chi connectivity index (χ1n) is 12.1. The van der Waals surface area contributed by atoms with E-state index in [1.165, 1.54) is 45.2 Å². The largest absolute Gasteiger partial charge is 0.357 e. The van der Waals surface area contributed by atoms with Crippen LogP contribution in [-0.2, 0) is 24.7 Å². The van der Waals surface area contributed by atoms with E-state index in [9.17, 15) is 26.4 Å². The Bertz CT molecular complexity index is 2850. The van der Waals surface area contributed by atoms with Gasteiger partial charge in [-0.2, -0.15) is 27.0 Å². The summed E-state index contributed by atoms with van der Waals surface area (Å²) in [5, 5.41) is 2.76. The maximum absolute atomic E-state index is 13.8. The van der Waals surface area contributed by atoms with Crippen LogP contribution >= 0.6 is 0 Å². The minimum atomic E-state index is -4.52. The van der Waals surface area contributed by atoms with E-state index in [0.29, 0.717) is 54.5 Å². The van der Waals surface area contributed by atoms with E-state index < -0.39 is 31.5 Å². The van der Waals surface area contributed by atoms with Gasteiger partial charge in [0.2, 0.25) is 0 Å². The predicted molar refractivity (Wildman–Crippen MR) is 154 cm³/mol. The second-order valence-corrected chi connectivity index (χ2v) is 12.4. The summed E-state index contributed by atoms with van der Waals surface area (Å²) >= 11 is 0. The molecule has 0 bridgehead atoms. The summed E-state index contributed by atoms with van der Waals surface area (Å²) in [6, 6.07) is 14.9. The monoisotopic (exact) mass is 602 g/mol. The van der Waals surface area contributed by atoms with Crippen molar-refractivity contribution in [3.05, 3.63) is 81.4 Å². The summed E-state index contributed by atoms with van der Waals surface area (Å²) in [6.07, 6.45) is 0. The van der Waals surface area contributed by atoms with Crippen molar-refractivity contribution in [1.82, 2.24) is 18.8 Å². The fourth-order valence-electron chi connectivity index (χ4n) is 5.80. The first-order valence-corrected chi connectivity index (χ1v) is 14.9. The number of anilines is 1. The standard InChI is InChI=1S/C26H14N6O8S2/c27-40-41(35,36)12-2-8-20-18(10-12)29-24-14-4-6-15-21-13(3-5-16(22(14)21)26(34)32(20)24)23-28-17-9-11(30-42(37,38)39)1-7-19(17)31(23)25(15)33/h1-10,30H,27H2,(H,37,38,39). The lowest BCUT2D eigenvalue weighted by Gasteiger charge is -2.12. The lowest BCUT2D eigenvalue weighted by atomic mass is 9.96. The van der Waals surface area contributed by atoms with E-state index >= 15 is 0 Å². The first-order chi connectivity index (χ1) is 20.0. The first kappa shape index (κ1) is 24.8. The summed E-state index contributed by atoms with van der Waals surface area (Å²) in [7, 11) is -8.74. The number of nitrogens with zero attached hydrogens (tertiary/aromatic N) is 4. The summed E-state index contributed by atoms with van der Waals surface area (Å²) in [6.45, 7) is 0. The summed E-state index contributed by atoms with van der Waals surface area (Å²) < 4.78 is 64.9. The van der Waals surface area contributed by atoms with Crippen molar-refractivity contribution < 1.29 is 25.7 Å². The molecule has 0 aliphatic carbocycles. The van der Waals surface area contributed by atoms with Crippen LogP contribution in [0.3, 0.4) is 0 Å². The molecule has 4 N–H and O–H groups in total. The maximum atomic E-state index is 13.8. The molecule has 208 valence electrons. The Morgan fingerprint density at radius 1 is 0.714 bits per heavy atom. The highest BCUT2D eigenvalue weighted by Crippen LogP contribution is 2.37. The van der Waals surface area contributed by atoms with Crippen LogP contribution in [0.25, 0.3) is 65.7 Å². The molecule has 0 radical (unpaired) electrons. The summed E-state index contributed by atoms with van der Waals surface area (Å²) in [5.41, 5.74) is 1.11. The van der Waals surface area contributed by atoms with Crippen LogP contribution in [0.5, 0.6) is 0 Å². The molecule has 0 atom stereocenters. The van der Waals surface area contributed by atoms with E-state index in [-0.39, 0.29) is 21.7 Å². The molecule has 0 saturated carbocycles. The van der Waals surface area contributed by atoms with E-state index in [2.05, 4.69) is 14.3 Å². The fraction of sp³-hybridized carbons (Fsp3) is 0. The zero-order chi connectivity index (χ0) is 29.3. The normalized spacial score (nSPS) is 13.2. The Balaban J connectivity index is 1.50. The quantitative estimate of drug-likeness (QED) is 0.151. The average Bonchev–Trinajstić information content (AvgIpc) is 3.52. The zero-order valence-electron chi connectivity index (χ0n) is 20.8. The fourth-order valence-corrected chi connectivity index (χ4v) is 6.83. The van der Waals surface area contributed by atoms with E-state index in [0.717, 1.165) is 0 Å². The molecule has 0 aliphatic heterocycles. The predicted octanol–water partition coefficient (Wildman–Crippen LogP) is 2.14. The highest BCUT2D eigenvalue weighted by Gasteiger charge is 2.23. The van der Waals surface area contributed by atoms with Crippen molar-refractivity contribution in [3.63, 3.8) is 0 Å². The van der Waals surface area contributed by atoms with Gasteiger partial charge in [0.15, 0.2) is 0 Å². The van der Waals surface area contributed by atoms with Crippen LogP contribution < -0.4 is 21.7 Å². The molecule has 14 nitrogen and oxygen atoms in total. The number of hydrogen-bond donors (Lipinski definition) is 3. The number of pyridine rings is 2. The van der Waals surface area contributed by atoms with E-state index in [1.54, 1.807) is 24.3 Å². The number of fused-ring (bicyclic) bond motifs is 8. The number of imidazole rings is 2. The third-order valence-electron chi connectivity index (χ3n) is 7.45. The number of nitrogens with two attached hydrogens (primary N) is 1. The Labute approximate surface area is 232 Å². The lowest BCUT2D eigenvalue weighted by Crippen LogP contribution is -2.16. The summed E-state index contributed by atoms with van der Waals surface area (Å²) in [4.78, 5) is 36.6. The van der Waals surface area contributed by atoms with Gasteiger partial charge in [0.05, 0.1) is 32.6 Å². The molecule has 0 unspecified atom stereocenters. The number of nitrogens with one attached hydrogen (secondary N) is 1. The molecule has 8 aromatic rings. The minimum Gasteiger partial charge on any atom is -0.269 e. The zero-order valence-corrected chi connectivity index (χ0v) is 22.4. The molecule has 0 spiro atoms. The van der Waals surface area contributed by atoms with E-state index in [4.69, 9.17) is 10.4 Å². The highest BCUT2D eigenvalue weighted by atomic mass is 32.2. The molecular formula is C26H14N6O8S2. The SMILES string of the molecule is NOS(=O)(=O)c1ccc2c(c1)nc1c3ccc4c(=O)n5c6ccc(NS(=O)(=O)O)cc6nc5c5ccc(c(=O)n21)c3c45. The van der Waals surface area contributed by atoms with Crippen molar-refractivity contribution in [2.45, 2.75) is 4.90 Å². The Morgan fingerprint density at radius 3 is 1.74 bits per heavy atom. The second-order valence-electron chi connectivity index (χ2n) is 9.70. The smallest absolute Gasteiger partial charge is 0.269 e. The van der Waals surface area contributed by atoms with Gasteiger partial charge in [-0.15, -0.1) is 0 Å². The molecule has 0 saturated heterocycles. The molecule has 0 fully saturated rings. The molecule has 4 aromatic heterocycles. The molecule has 4 heterocycles. The van der Waals surface area contributed by atoms with Gasteiger partial charge >= 0.3 is 20.4 Å². The average molecular weight is 603 g/mol. The van der Waals surface area contributed by atoms with Gasteiger partial charge in [-0.25, -0.2) is 9.97 Å².